The van der Waals surface area contributed by atoms with E-state index in [9.17, 15) is 8.42 Å². The van der Waals surface area contributed by atoms with E-state index in [4.69, 9.17) is 11.6 Å². The van der Waals surface area contributed by atoms with Crippen LogP contribution in [0.15, 0.2) is 27.6 Å². The lowest BCUT2D eigenvalue weighted by atomic mass is 9.96. The van der Waals surface area contributed by atoms with E-state index in [1.54, 1.807) is 12.1 Å². The molecule has 0 saturated heterocycles. The molecule has 6 heteroatoms. The average molecular weight is 353 g/mol. The molecule has 1 aromatic carbocycles. The first-order valence-corrected chi connectivity index (χ1v) is 8.62. The molecule has 0 aliphatic heterocycles. The van der Waals surface area contributed by atoms with Gasteiger partial charge in [0.25, 0.3) is 0 Å². The summed E-state index contributed by atoms with van der Waals surface area (Å²) in [6, 6.07) is 4.85. The second-order valence-corrected chi connectivity index (χ2v) is 7.54. The predicted molar refractivity (Wildman–Crippen MR) is 76.3 cm³/mol. The van der Waals surface area contributed by atoms with Gasteiger partial charge in [0.1, 0.15) is 4.90 Å². The van der Waals surface area contributed by atoms with Crippen molar-refractivity contribution >= 4 is 37.6 Å². The van der Waals surface area contributed by atoms with Gasteiger partial charge in [0.15, 0.2) is 0 Å². The summed E-state index contributed by atoms with van der Waals surface area (Å²) in [6.45, 7) is 0. The standard InChI is InChI=1S/C12H15BrClNO2S/c13-9-6-7-12(11(14)8-9)18(16,17)15-10-4-2-1-3-5-10/h6-8,10,15H,1-5H2. The van der Waals surface area contributed by atoms with Crippen LogP contribution in [-0.2, 0) is 10.0 Å². The molecule has 100 valence electrons. The molecule has 0 unspecified atom stereocenters. The molecule has 1 N–H and O–H groups in total. The van der Waals surface area contributed by atoms with Crippen molar-refractivity contribution < 1.29 is 8.42 Å². The van der Waals surface area contributed by atoms with Gasteiger partial charge in [-0.25, -0.2) is 13.1 Å². The highest BCUT2D eigenvalue weighted by molar-refractivity contribution is 9.10. The van der Waals surface area contributed by atoms with Crippen LogP contribution >= 0.6 is 27.5 Å². The molecule has 0 atom stereocenters. The van der Waals surface area contributed by atoms with Gasteiger partial charge in [0, 0.05) is 10.5 Å². The lowest BCUT2D eigenvalue weighted by molar-refractivity contribution is 0.412. The van der Waals surface area contributed by atoms with Gasteiger partial charge in [-0.3, -0.25) is 0 Å². The van der Waals surface area contributed by atoms with Gasteiger partial charge in [-0.2, -0.15) is 0 Å². The third-order valence-corrected chi connectivity index (χ3v) is 5.61. The minimum atomic E-state index is -3.51. The lowest BCUT2D eigenvalue weighted by Gasteiger charge is -2.22. The molecule has 0 radical (unpaired) electrons. The number of halogens is 2. The zero-order valence-corrected chi connectivity index (χ0v) is 13.0. The monoisotopic (exact) mass is 351 g/mol. The number of nitrogens with one attached hydrogen (secondary N) is 1. The van der Waals surface area contributed by atoms with Crippen molar-refractivity contribution in [2.24, 2.45) is 0 Å². The highest BCUT2D eigenvalue weighted by Gasteiger charge is 2.23. The van der Waals surface area contributed by atoms with Crippen LogP contribution in [0.3, 0.4) is 0 Å². The summed E-state index contributed by atoms with van der Waals surface area (Å²) in [6.07, 6.45) is 5.18. The molecule has 0 heterocycles. The number of rotatable bonds is 3. The van der Waals surface area contributed by atoms with E-state index in [-0.39, 0.29) is 16.0 Å². The molecule has 0 aromatic heterocycles. The lowest BCUT2D eigenvalue weighted by Crippen LogP contribution is -2.36. The Balaban J connectivity index is 2.19. The van der Waals surface area contributed by atoms with E-state index < -0.39 is 10.0 Å². The Bertz CT molecular complexity index is 527. The maximum atomic E-state index is 12.2. The third kappa shape index (κ3) is 3.47. The van der Waals surface area contributed by atoms with Crippen molar-refractivity contribution in [3.05, 3.63) is 27.7 Å². The fraction of sp³-hybridized carbons (Fsp3) is 0.500. The van der Waals surface area contributed by atoms with Crippen LogP contribution in [0.5, 0.6) is 0 Å². The zero-order valence-electron chi connectivity index (χ0n) is 9.83. The van der Waals surface area contributed by atoms with Gasteiger partial charge in [0.2, 0.25) is 10.0 Å². The quantitative estimate of drug-likeness (QED) is 0.901. The number of hydrogen-bond acceptors (Lipinski definition) is 2. The van der Waals surface area contributed by atoms with Crippen LogP contribution in [0, 0.1) is 0 Å². The minimum absolute atomic E-state index is 0.0449. The molecule has 1 aliphatic carbocycles. The maximum Gasteiger partial charge on any atom is 0.242 e. The van der Waals surface area contributed by atoms with Crippen LogP contribution in [0.25, 0.3) is 0 Å². The van der Waals surface area contributed by atoms with E-state index in [1.165, 1.54) is 12.5 Å². The Morgan fingerprint density at radius 2 is 1.89 bits per heavy atom. The van der Waals surface area contributed by atoms with Gasteiger partial charge in [-0.1, -0.05) is 46.8 Å². The van der Waals surface area contributed by atoms with E-state index in [2.05, 4.69) is 20.7 Å². The van der Waals surface area contributed by atoms with Crippen molar-refractivity contribution in [3.8, 4) is 0 Å². The molecule has 18 heavy (non-hydrogen) atoms. The molecule has 1 fully saturated rings. The maximum absolute atomic E-state index is 12.2. The summed E-state index contributed by atoms with van der Waals surface area (Å²) < 4.78 is 28.0. The highest BCUT2D eigenvalue weighted by atomic mass is 79.9. The van der Waals surface area contributed by atoms with Crippen molar-refractivity contribution in [2.75, 3.05) is 0 Å². The van der Waals surface area contributed by atoms with Gasteiger partial charge >= 0.3 is 0 Å². The van der Waals surface area contributed by atoms with Crippen LogP contribution in [-0.4, -0.2) is 14.5 Å². The molecule has 1 aliphatic rings. The summed E-state index contributed by atoms with van der Waals surface area (Å²) in [4.78, 5) is 0.151. The van der Waals surface area contributed by atoms with Crippen LogP contribution in [0.4, 0.5) is 0 Å². The molecule has 0 amide bonds. The van der Waals surface area contributed by atoms with Gasteiger partial charge in [-0.15, -0.1) is 0 Å². The fourth-order valence-corrected chi connectivity index (χ4v) is 4.54. The first-order valence-electron chi connectivity index (χ1n) is 5.96. The zero-order chi connectivity index (χ0) is 13.2. The van der Waals surface area contributed by atoms with E-state index in [0.29, 0.717) is 0 Å². The van der Waals surface area contributed by atoms with Gasteiger partial charge in [-0.05, 0) is 31.0 Å². The van der Waals surface area contributed by atoms with Crippen molar-refractivity contribution in [1.82, 2.24) is 4.72 Å². The summed E-state index contributed by atoms with van der Waals surface area (Å²) in [5, 5.41) is 0.243. The smallest absolute Gasteiger partial charge is 0.208 e. The minimum Gasteiger partial charge on any atom is -0.208 e. The van der Waals surface area contributed by atoms with Crippen molar-refractivity contribution in [3.63, 3.8) is 0 Å². The first kappa shape index (κ1) is 14.3. The Labute approximate surface area is 121 Å². The normalized spacial score (nSPS) is 17.9. The first-order chi connectivity index (χ1) is 8.49. The molecule has 0 bridgehead atoms. The van der Waals surface area contributed by atoms with Crippen LogP contribution in [0.2, 0.25) is 5.02 Å². The van der Waals surface area contributed by atoms with Gasteiger partial charge in [0.05, 0.1) is 5.02 Å². The largest absolute Gasteiger partial charge is 0.242 e. The molecule has 1 aromatic rings. The molecular formula is C12H15BrClNO2S. The van der Waals surface area contributed by atoms with E-state index >= 15 is 0 Å². The average Bonchev–Trinajstić information content (AvgIpc) is 2.29. The number of sulfonamides is 1. The molecule has 3 nitrogen and oxygen atoms in total. The molecule has 0 spiro atoms. The molecule has 2 rings (SSSR count). The number of hydrogen-bond donors (Lipinski definition) is 1. The van der Waals surface area contributed by atoms with Crippen LogP contribution in [0.1, 0.15) is 32.1 Å². The van der Waals surface area contributed by atoms with Crippen molar-refractivity contribution in [2.45, 2.75) is 43.0 Å². The Hall–Kier alpha value is -0.100. The molecular weight excluding hydrogens is 338 g/mol. The topological polar surface area (TPSA) is 46.2 Å². The summed E-state index contributed by atoms with van der Waals surface area (Å²) in [5.41, 5.74) is 0. The van der Waals surface area contributed by atoms with Crippen molar-refractivity contribution in [1.29, 1.82) is 0 Å². The summed E-state index contributed by atoms with van der Waals surface area (Å²) >= 11 is 9.24. The summed E-state index contributed by atoms with van der Waals surface area (Å²) in [5.74, 6) is 0. The second kappa shape index (κ2) is 5.90. The van der Waals surface area contributed by atoms with E-state index in [1.807, 2.05) is 0 Å². The highest BCUT2D eigenvalue weighted by Crippen LogP contribution is 2.26. The third-order valence-electron chi connectivity index (χ3n) is 3.11. The predicted octanol–water partition coefficient (Wildman–Crippen LogP) is 3.71. The summed E-state index contributed by atoms with van der Waals surface area (Å²) in [7, 11) is -3.51. The van der Waals surface area contributed by atoms with Gasteiger partial charge < -0.3 is 0 Å². The SMILES string of the molecule is O=S(=O)(NC1CCCCC1)c1ccc(Br)cc1Cl. The second-order valence-electron chi connectivity index (χ2n) is 4.53. The van der Waals surface area contributed by atoms with E-state index in [0.717, 1.165) is 30.2 Å². The Morgan fingerprint density at radius 3 is 2.50 bits per heavy atom. The Morgan fingerprint density at radius 1 is 1.22 bits per heavy atom. The Kier molecular flexibility index (Phi) is 4.69. The van der Waals surface area contributed by atoms with Crippen LogP contribution < -0.4 is 4.72 Å². The molecule has 1 saturated carbocycles. The fourth-order valence-electron chi connectivity index (χ4n) is 2.20. The number of benzene rings is 1.